The molecule has 1 fully saturated rings. The van der Waals surface area contributed by atoms with Crippen LogP contribution in [-0.2, 0) is 9.59 Å². The van der Waals surface area contributed by atoms with Gasteiger partial charge in [-0.3, -0.25) is 14.9 Å². The molecular weight excluding hydrogens is 332 g/mol. The van der Waals surface area contributed by atoms with Crippen LogP contribution in [0.1, 0.15) is 16.7 Å². The van der Waals surface area contributed by atoms with Crippen LogP contribution in [-0.4, -0.2) is 25.0 Å². The highest BCUT2D eigenvalue weighted by molar-refractivity contribution is 6.39. The molecule has 1 N–H and O–H groups in total. The van der Waals surface area contributed by atoms with Gasteiger partial charge in [-0.15, -0.1) is 0 Å². The molecule has 0 radical (unpaired) electrons. The summed E-state index contributed by atoms with van der Waals surface area (Å²) in [6.07, 6.45) is 1.45. The molecule has 0 aromatic heterocycles. The standard InChI is InChI=1S/C20H18N2O4/c1-12-7-13(2)9-15(8-12)22-19(24)17(18(23)21-20(22)25)11-14-5-4-6-16(10-14)26-3/h4-11H,1-3H3,(H,21,23,25). The van der Waals surface area contributed by atoms with E-state index in [1.807, 2.05) is 19.9 Å². The van der Waals surface area contributed by atoms with E-state index in [-0.39, 0.29) is 5.57 Å². The fourth-order valence-electron chi connectivity index (χ4n) is 2.87. The van der Waals surface area contributed by atoms with Gasteiger partial charge in [-0.2, -0.15) is 0 Å². The zero-order valence-corrected chi connectivity index (χ0v) is 14.7. The Balaban J connectivity index is 2.04. The van der Waals surface area contributed by atoms with Crippen molar-refractivity contribution in [3.8, 4) is 5.75 Å². The third kappa shape index (κ3) is 3.35. The van der Waals surface area contributed by atoms with E-state index < -0.39 is 17.8 Å². The number of aryl methyl sites for hydroxylation is 2. The summed E-state index contributed by atoms with van der Waals surface area (Å²) in [5, 5.41) is 2.22. The van der Waals surface area contributed by atoms with Crippen LogP contribution in [0.4, 0.5) is 10.5 Å². The number of rotatable bonds is 3. The number of imide groups is 2. The second kappa shape index (κ2) is 6.84. The van der Waals surface area contributed by atoms with E-state index in [0.29, 0.717) is 17.0 Å². The van der Waals surface area contributed by atoms with Crippen LogP contribution in [0.5, 0.6) is 5.75 Å². The van der Waals surface area contributed by atoms with E-state index in [1.165, 1.54) is 13.2 Å². The topological polar surface area (TPSA) is 75.7 Å². The van der Waals surface area contributed by atoms with Crippen molar-refractivity contribution in [2.45, 2.75) is 13.8 Å². The Bertz CT molecular complexity index is 926. The molecule has 0 unspecified atom stereocenters. The van der Waals surface area contributed by atoms with Crippen LogP contribution in [0.25, 0.3) is 6.08 Å². The number of urea groups is 1. The maximum Gasteiger partial charge on any atom is 0.335 e. The summed E-state index contributed by atoms with van der Waals surface area (Å²) in [5.74, 6) is -0.778. The van der Waals surface area contributed by atoms with Crippen molar-refractivity contribution in [1.29, 1.82) is 0 Å². The van der Waals surface area contributed by atoms with Gasteiger partial charge in [0.25, 0.3) is 11.8 Å². The lowest BCUT2D eigenvalue weighted by atomic mass is 10.1. The molecule has 1 saturated heterocycles. The maximum atomic E-state index is 12.9. The Morgan fingerprint density at radius 2 is 1.69 bits per heavy atom. The number of amides is 4. The highest BCUT2D eigenvalue weighted by atomic mass is 16.5. The zero-order valence-electron chi connectivity index (χ0n) is 14.7. The normalized spacial score (nSPS) is 16.0. The number of ether oxygens (including phenoxy) is 1. The molecule has 6 heteroatoms. The number of anilines is 1. The predicted octanol–water partition coefficient (Wildman–Crippen LogP) is 2.98. The molecule has 1 heterocycles. The van der Waals surface area contributed by atoms with E-state index in [2.05, 4.69) is 5.32 Å². The SMILES string of the molecule is COc1cccc(C=C2C(=O)NC(=O)N(c3cc(C)cc(C)c3)C2=O)c1. The van der Waals surface area contributed by atoms with Gasteiger partial charge < -0.3 is 4.74 Å². The van der Waals surface area contributed by atoms with Crippen LogP contribution in [0.2, 0.25) is 0 Å². The van der Waals surface area contributed by atoms with Crippen molar-refractivity contribution in [2.24, 2.45) is 0 Å². The second-order valence-electron chi connectivity index (χ2n) is 6.08. The Morgan fingerprint density at radius 3 is 2.35 bits per heavy atom. The molecular formula is C20H18N2O4. The number of carbonyl (C=O) groups is 3. The summed E-state index contributed by atoms with van der Waals surface area (Å²) in [6.45, 7) is 3.75. The Kier molecular flexibility index (Phi) is 4.58. The maximum absolute atomic E-state index is 12.9. The molecule has 2 aromatic carbocycles. The van der Waals surface area contributed by atoms with Gasteiger partial charge in [0.1, 0.15) is 11.3 Å². The number of barbiturate groups is 1. The van der Waals surface area contributed by atoms with E-state index >= 15 is 0 Å². The summed E-state index contributed by atoms with van der Waals surface area (Å²) in [5.41, 5.74) is 2.76. The molecule has 26 heavy (non-hydrogen) atoms. The minimum Gasteiger partial charge on any atom is -0.497 e. The molecule has 0 spiro atoms. The molecule has 0 saturated carbocycles. The van der Waals surface area contributed by atoms with Crippen molar-refractivity contribution >= 4 is 29.6 Å². The molecule has 0 aliphatic carbocycles. The summed E-state index contributed by atoms with van der Waals surface area (Å²) in [7, 11) is 1.53. The molecule has 4 amide bonds. The van der Waals surface area contributed by atoms with Crippen molar-refractivity contribution in [3.63, 3.8) is 0 Å². The van der Waals surface area contributed by atoms with Crippen molar-refractivity contribution in [1.82, 2.24) is 5.32 Å². The number of benzene rings is 2. The lowest BCUT2D eigenvalue weighted by molar-refractivity contribution is -0.122. The summed E-state index contributed by atoms with van der Waals surface area (Å²) in [6, 6.07) is 11.6. The van der Waals surface area contributed by atoms with Crippen LogP contribution >= 0.6 is 0 Å². The van der Waals surface area contributed by atoms with Crippen LogP contribution < -0.4 is 15.0 Å². The van der Waals surface area contributed by atoms with E-state index in [0.717, 1.165) is 16.0 Å². The van der Waals surface area contributed by atoms with Gasteiger partial charge in [0.2, 0.25) is 0 Å². The van der Waals surface area contributed by atoms with E-state index in [9.17, 15) is 14.4 Å². The average Bonchev–Trinajstić information content (AvgIpc) is 2.58. The highest BCUT2D eigenvalue weighted by Gasteiger charge is 2.36. The molecule has 1 aliphatic rings. The third-order valence-corrected chi connectivity index (χ3v) is 3.97. The quantitative estimate of drug-likeness (QED) is 0.682. The van der Waals surface area contributed by atoms with Gasteiger partial charge in [-0.25, -0.2) is 9.69 Å². The van der Waals surface area contributed by atoms with Gasteiger partial charge in [0.15, 0.2) is 0 Å². The average molecular weight is 350 g/mol. The molecule has 132 valence electrons. The van der Waals surface area contributed by atoms with Crippen LogP contribution in [0, 0.1) is 13.8 Å². The zero-order chi connectivity index (χ0) is 18.8. The first kappa shape index (κ1) is 17.4. The molecule has 0 atom stereocenters. The minimum atomic E-state index is -0.757. The number of hydrogen-bond acceptors (Lipinski definition) is 4. The monoisotopic (exact) mass is 350 g/mol. The van der Waals surface area contributed by atoms with Crippen molar-refractivity contribution in [2.75, 3.05) is 12.0 Å². The number of nitrogens with zero attached hydrogens (tertiary/aromatic N) is 1. The van der Waals surface area contributed by atoms with Gasteiger partial charge >= 0.3 is 6.03 Å². The molecule has 6 nitrogen and oxygen atoms in total. The first-order chi connectivity index (χ1) is 12.4. The highest BCUT2D eigenvalue weighted by Crippen LogP contribution is 2.24. The largest absolute Gasteiger partial charge is 0.497 e. The number of hydrogen-bond donors (Lipinski definition) is 1. The first-order valence-electron chi connectivity index (χ1n) is 8.03. The summed E-state index contributed by atoms with van der Waals surface area (Å²) in [4.78, 5) is 38.3. The lowest BCUT2D eigenvalue weighted by Gasteiger charge is -2.27. The molecule has 1 aliphatic heterocycles. The summed E-state index contributed by atoms with van der Waals surface area (Å²) < 4.78 is 5.15. The second-order valence-corrected chi connectivity index (χ2v) is 6.08. The molecule has 0 bridgehead atoms. The Hall–Kier alpha value is -3.41. The van der Waals surface area contributed by atoms with Crippen molar-refractivity contribution < 1.29 is 19.1 Å². The smallest absolute Gasteiger partial charge is 0.335 e. The van der Waals surface area contributed by atoms with Crippen LogP contribution in [0.3, 0.4) is 0 Å². The minimum absolute atomic E-state index is 0.114. The van der Waals surface area contributed by atoms with Crippen LogP contribution in [0.15, 0.2) is 48.0 Å². The van der Waals surface area contributed by atoms with E-state index in [1.54, 1.807) is 36.4 Å². The number of carbonyl (C=O) groups excluding carboxylic acids is 3. The number of methoxy groups -OCH3 is 1. The van der Waals surface area contributed by atoms with Crippen molar-refractivity contribution in [3.05, 3.63) is 64.7 Å². The van der Waals surface area contributed by atoms with Gasteiger partial charge in [0.05, 0.1) is 12.8 Å². The molecule has 3 rings (SSSR count). The summed E-state index contributed by atoms with van der Waals surface area (Å²) >= 11 is 0. The first-order valence-corrected chi connectivity index (χ1v) is 8.03. The van der Waals surface area contributed by atoms with Gasteiger partial charge in [-0.1, -0.05) is 18.2 Å². The Morgan fingerprint density at radius 1 is 1.00 bits per heavy atom. The predicted molar refractivity (Wildman–Crippen MR) is 97.9 cm³/mol. The van der Waals surface area contributed by atoms with Gasteiger partial charge in [-0.05, 0) is 60.9 Å². The fraction of sp³-hybridized carbons (Fsp3) is 0.150. The lowest BCUT2D eigenvalue weighted by Crippen LogP contribution is -2.54. The fourth-order valence-corrected chi connectivity index (χ4v) is 2.87. The molecule has 2 aromatic rings. The van der Waals surface area contributed by atoms with Gasteiger partial charge in [0, 0.05) is 0 Å². The third-order valence-electron chi connectivity index (χ3n) is 3.97. The van der Waals surface area contributed by atoms with E-state index in [4.69, 9.17) is 4.74 Å². The number of nitrogens with one attached hydrogen (secondary N) is 1. The Labute approximate surface area is 151 Å².